The van der Waals surface area contributed by atoms with E-state index in [0.29, 0.717) is 0 Å². The molecule has 0 aliphatic rings. The maximum Gasteiger partial charge on any atom is 0.0541 e. The molecule has 0 saturated carbocycles. The smallest absolute Gasteiger partial charge is 0.0541 e. The minimum absolute atomic E-state index is 0.770. The van der Waals surface area contributed by atoms with Crippen LogP contribution >= 0.6 is 11.6 Å². The van der Waals surface area contributed by atoms with Gasteiger partial charge in [0.15, 0.2) is 0 Å². The zero-order chi connectivity index (χ0) is 17.5. The largest absolute Gasteiger partial charge is 0.309 e. The second-order valence-corrected chi connectivity index (χ2v) is 6.81. The summed E-state index contributed by atoms with van der Waals surface area (Å²) < 4.78 is 2.32. The van der Waals surface area contributed by atoms with E-state index >= 15 is 0 Å². The van der Waals surface area contributed by atoms with Gasteiger partial charge in [0.1, 0.15) is 0 Å². The average molecular weight is 354 g/mol. The Labute approximate surface area is 157 Å². The van der Waals surface area contributed by atoms with E-state index in [1.165, 1.54) is 21.8 Å². The predicted octanol–water partition coefficient (Wildman–Crippen LogP) is 7.10. The van der Waals surface area contributed by atoms with Gasteiger partial charge < -0.3 is 4.57 Å². The highest BCUT2D eigenvalue weighted by Crippen LogP contribution is 2.34. The molecule has 0 fully saturated rings. The number of benzene rings is 4. The third-order valence-corrected chi connectivity index (χ3v) is 5.20. The fourth-order valence-electron chi connectivity index (χ4n) is 3.71. The summed E-state index contributed by atoms with van der Waals surface area (Å²) in [6.45, 7) is 0. The molecule has 0 N–H and O–H groups in total. The van der Waals surface area contributed by atoms with Crippen molar-refractivity contribution in [1.29, 1.82) is 0 Å². The molecule has 26 heavy (non-hydrogen) atoms. The standard InChI is InChI=1S/C24H16ClN/c25-22-13-4-1-10-19(22)17-8-7-9-18(16-17)26-23-14-5-2-11-20(23)21-12-3-6-15-24(21)26/h1-16H. The summed E-state index contributed by atoms with van der Waals surface area (Å²) in [5.74, 6) is 0. The Hall–Kier alpha value is -3.03. The Morgan fingerprint density at radius 1 is 0.577 bits per heavy atom. The molecule has 0 spiro atoms. The van der Waals surface area contributed by atoms with E-state index in [9.17, 15) is 0 Å². The van der Waals surface area contributed by atoms with Gasteiger partial charge in [-0.25, -0.2) is 0 Å². The van der Waals surface area contributed by atoms with Gasteiger partial charge in [0.2, 0.25) is 0 Å². The lowest BCUT2D eigenvalue weighted by Gasteiger charge is -2.11. The van der Waals surface area contributed by atoms with Crippen molar-refractivity contribution in [3.8, 4) is 16.8 Å². The van der Waals surface area contributed by atoms with Crippen molar-refractivity contribution in [2.24, 2.45) is 0 Å². The first-order valence-electron chi connectivity index (χ1n) is 8.66. The summed E-state index contributed by atoms with van der Waals surface area (Å²) >= 11 is 6.42. The van der Waals surface area contributed by atoms with Gasteiger partial charge in [-0.3, -0.25) is 0 Å². The van der Waals surface area contributed by atoms with Crippen LogP contribution in [0.4, 0.5) is 0 Å². The fourth-order valence-corrected chi connectivity index (χ4v) is 3.95. The summed E-state index contributed by atoms with van der Waals surface area (Å²) in [4.78, 5) is 0. The lowest BCUT2D eigenvalue weighted by Crippen LogP contribution is -1.94. The normalized spacial score (nSPS) is 11.3. The summed E-state index contributed by atoms with van der Waals surface area (Å²) in [6.07, 6.45) is 0. The Morgan fingerprint density at radius 2 is 1.19 bits per heavy atom. The van der Waals surface area contributed by atoms with Gasteiger partial charge in [0.05, 0.1) is 11.0 Å². The van der Waals surface area contributed by atoms with Crippen molar-refractivity contribution < 1.29 is 0 Å². The fraction of sp³-hybridized carbons (Fsp3) is 0. The quantitative estimate of drug-likeness (QED) is 0.319. The van der Waals surface area contributed by atoms with Crippen molar-refractivity contribution in [2.45, 2.75) is 0 Å². The summed E-state index contributed by atoms with van der Waals surface area (Å²) in [6, 6.07) is 33.7. The Balaban J connectivity index is 1.81. The van der Waals surface area contributed by atoms with Crippen LogP contribution in [0, 0.1) is 0 Å². The Morgan fingerprint density at radius 3 is 1.88 bits per heavy atom. The molecule has 1 heterocycles. The molecule has 0 bridgehead atoms. The molecule has 0 radical (unpaired) electrons. The number of hydrogen-bond donors (Lipinski definition) is 0. The van der Waals surface area contributed by atoms with Crippen LogP contribution in [0.25, 0.3) is 38.6 Å². The van der Waals surface area contributed by atoms with Crippen LogP contribution in [-0.4, -0.2) is 4.57 Å². The van der Waals surface area contributed by atoms with E-state index in [-0.39, 0.29) is 0 Å². The highest BCUT2D eigenvalue weighted by molar-refractivity contribution is 6.33. The number of aromatic nitrogens is 1. The Kier molecular flexibility index (Phi) is 3.55. The van der Waals surface area contributed by atoms with E-state index in [1.807, 2.05) is 18.2 Å². The van der Waals surface area contributed by atoms with Gasteiger partial charge in [-0.2, -0.15) is 0 Å². The monoisotopic (exact) mass is 353 g/mol. The molecule has 0 aliphatic carbocycles. The van der Waals surface area contributed by atoms with Crippen molar-refractivity contribution in [3.05, 3.63) is 102 Å². The number of halogens is 1. The lowest BCUT2D eigenvalue weighted by molar-refractivity contribution is 1.18. The van der Waals surface area contributed by atoms with Crippen LogP contribution in [0.3, 0.4) is 0 Å². The molecule has 1 nitrogen and oxygen atoms in total. The van der Waals surface area contributed by atoms with Crippen LogP contribution in [0.2, 0.25) is 5.02 Å². The molecule has 5 aromatic rings. The van der Waals surface area contributed by atoms with Crippen molar-refractivity contribution in [2.75, 3.05) is 0 Å². The van der Waals surface area contributed by atoms with Crippen LogP contribution < -0.4 is 0 Å². The van der Waals surface area contributed by atoms with Gasteiger partial charge in [0, 0.05) is 27.0 Å². The van der Waals surface area contributed by atoms with Gasteiger partial charge in [-0.15, -0.1) is 0 Å². The predicted molar refractivity (Wildman–Crippen MR) is 111 cm³/mol. The van der Waals surface area contributed by atoms with Gasteiger partial charge >= 0.3 is 0 Å². The summed E-state index contributed by atoms with van der Waals surface area (Å²) in [5.41, 5.74) is 5.74. The van der Waals surface area contributed by atoms with Crippen molar-refractivity contribution >= 4 is 33.4 Å². The second-order valence-electron chi connectivity index (χ2n) is 6.40. The maximum atomic E-state index is 6.42. The van der Waals surface area contributed by atoms with Crippen LogP contribution in [0.5, 0.6) is 0 Å². The summed E-state index contributed by atoms with van der Waals surface area (Å²) in [5, 5.41) is 3.31. The number of para-hydroxylation sites is 2. The third-order valence-electron chi connectivity index (χ3n) is 4.87. The molecular formula is C24H16ClN. The minimum atomic E-state index is 0.770. The topological polar surface area (TPSA) is 4.93 Å². The SMILES string of the molecule is Clc1ccccc1-c1cccc(-n2c3ccccc3c3ccccc32)c1. The van der Waals surface area contributed by atoms with E-state index in [2.05, 4.69) is 83.4 Å². The molecule has 0 unspecified atom stereocenters. The van der Waals surface area contributed by atoms with Crippen LogP contribution in [0.1, 0.15) is 0 Å². The van der Waals surface area contributed by atoms with E-state index in [1.54, 1.807) is 0 Å². The maximum absolute atomic E-state index is 6.42. The van der Waals surface area contributed by atoms with Crippen LogP contribution in [-0.2, 0) is 0 Å². The molecule has 124 valence electrons. The second kappa shape index (κ2) is 6.05. The molecule has 0 amide bonds. The first kappa shape index (κ1) is 15.2. The number of hydrogen-bond acceptors (Lipinski definition) is 0. The minimum Gasteiger partial charge on any atom is -0.309 e. The molecule has 1 aromatic heterocycles. The highest BCUT2D eigenvalue weighted by Gasteiger charge is 2.12. The average Bonchev–Trinajstić information content (AvgIpc) is 3.03. The molecular weight excluding hydrogens is 338 g/mol. The van der Waals surface area contributed by atoms with Gasteiger partial charge in [0.25, 0.3) is 0 Å². The molecule has 4 aromatic carbocycles. The summed E-state index contributed by atoms with van der Waals surface area (Å²) in [7, 11) is 0. The molecule has 0 aliphatic heterocycles. The Bertz CT molecular complexity index is 1200. The number of fused-ring (bicyclic) bond motifs is 3. The molecule has 0 saturated heterocycles. The molecule has 0 atom stereocenters. The van der Waals surface area contributed by atoms with Crippen molar-refractivity contribution in [3.63, 3.8) is 0 Å². The first-order chi connectivity index (χ1) is 12.8. The molecule has 2 heteroatoms. The number of rotatable bonds is 2. The van der Waals surface area contributed by atoms with E-state index in [4.69, 9.17) is 11.6 Å². The third kappa shape index (κ3) is 2.33. The van der Waals surface area contributed by atoms with Gasteiger partial charge in [-0.1, -0.05) is 78.3 Å². The zero-order valence-electron chi connectivity index (χ0n) is 14.1. The molecule has 5 rings (SSSR count). The van der Waals surface area contributed by atoms with Crippen molar-refractivity contribution in [1.82, 2.24) is 4.57 Å². The van der Waals surface area contributed by atoms with E-state index in [0.717, 1.165) is 21.8 Å². The highest BCUT2D eigenvalue weighted by atomic mass is 35.5. The van der Waals surface area contributed by atoms with E-state index < -0.39 is 0 Å². The lowest BCUT2D eigenvalue weighted by atomic mass is 10.0. The van der Waals surface area contributed by atoms with Gasteiger partial charge in [-0.05, 0) is 35.9 Å². The van der Waals surface area contributed by atoms with Crippen LogP contribution in [0.15, 0.2) is 97.1 Å². The zero-order valence-corrected chi connectivity index (χ0v) is 14.8. The first-order valence-corrected chi connectivity index (χ1v) is 9.04. The number of nitrogens with zero attached hydrogens (tertiary/aromatic N) is 1.